The summed E-state index contributed by atoms with van der Waals surface area (Å²) in [4.78, 5) is 0. The third-order valence-corrected chi connectivity index (χ3v) is 3.22. The van der Waals surface area contributed by atoms with Gasteiger partial charge in [0, 0.05) is 17.2 Å². The van der Waals surface area contributed by atoms with Crippen LogP contribution >= 0.6 is 0 Å². The summed E-state index contributed by atoms with van der Waals surface area (Å²) >= 11 is 0. The Morgan fingerprint density at radius 1 is 1.50 bits per heavy atom. The van der Waals surface area contributed by atoms with Crippen LogP contribution in [0, 0.1) is 5.82 Å². The highest BCUT2D eigenvalue weighted by Crippen LogP contribution is 2.41. The fourth-order valence-corrected chi connectivity index (χ4v) is 2.27. The lowest BCUT2D eigenvalue weighted by Crippen LogP contribution is -2.33. The molecule has 0 aliphatic carbocycles. The molecule has 0 aromatic heterocycles. The monoisotopic (exact) mass is 225 g/mol. The van der Waals surface area contributed by atoms with Gasteiger partial charge in [0.1, 0.15) is 5.82 Å². The van der Waals surface area contributed by atoms with Gasteiger partial charge in [-0.2, -0.15) is 0 Å². The van der Waals surface area contributed by atoms with E-state index in [1.807, 2.05) is 6.92 Å². The van der Waals surface area contributed by atoms with Gasteiger partial charge in [0.05, 0.1) is 7.11 Å². The van der Waals surface area contributed by atoms with E-state index in [4.69, 9.17) is 4.74 Å². The number of ether oxygens (including phenoxy) is 1. The molecule has 1 unspecified atom stereocenters. The molecule has 1 saturated heterocycles. The Labute approximate surface area is 94.2 Å². The summed E-state index contributed by atoms with van der Waals surface area (Å²) in [6, 6.07) is 2.56. The first-order valence-electron chi connectivity index (χ1n) is 5.39. The van der Waals surface area contributed by atoms with Gasteiger partial charge in [0.15, 0.2) is 11.5 Å². The summed E-state index contributed by atoms with van der Waals surface area (Å²) in [6.45, 7) is 2.85. The molecule has 0 amide bonds. The van der Waals surface area contributed by atoms with Crippen molar-refractivity contribution in [2.45, 2.75) is 25.3 Å². The quantitative estimate of drug-likeness (QED) is 0.810. The maximum Gasteiger partial charge on any atom is 0.163 e. The molecular formula is C12H16FNO2. The molecule has 1 aliphatic rings. The molecule has 0 radical (unpaired) electrons. The van der Waals surface area contributed by atoms with Crippen molar-refractivity contribution >= 4 is 0 Å². The Kier molecular flexibility index (Phi) is 2.76. The predicted molar refractivity (Wildman–Crippen MR) is 59.2 cm³/mol. The van der Waals surface area contributed by atoms with Gasteiger partial charge in [0.2, 0.25) is 0 Å². The number of hydrogen-bond donors (Lipinski definition) is 2. The molecule has 0 saturated carbocycles. The molecule has 1 heterocycles. The van der Waals surface area contributed by atoms with E-state index in [1.54, 1.807) is 0 Å². The molecule has 2 N–H and O–H groups in total. The number of methoxy groups -OCH3 is 1. The third kappa shape index (κ3) is 1.73. The van der Waals surface area contributed by atoms with Gasteiger partial charge in [-0.05, 0) is 32.4 Å². The van der Waals surface area contributed by atoms with Crippen LogP contribution in [0.2, 0.25) is 0 Å². The maximum absolute atomic E-state index is 13.4. The van der Waals surface area contributed by atoms with Crippen LogP contribution in [0.4, 0.5) is 4.39 Å². The Hall–Kier alpha value is -1.29. The molecule has 1 aliphatic heterocycles. The van der Waals surface area contributed by atoms with Crippen molar-refractivity contribution in [3.8, 4) is 11.5 Å². The maximum atomic E-state index is 13.4. The van der Waals surface area contributed by atoms with E-state index in [-0.39, 0.29) is 22.9 Å². The van der Waals surface area contributed by atoms with Gasteiger partial charge in [0.25, 0.3) is 0 Å². The molecule has 1 aromatic carbocycles. The van der Waals surface area contributed by atoms with E-state index < -0.39 is 0 Å². The summed E-state index contributed by atoms with van der Waals surface area (Å²) in [5, 5.41) is 13.3. The summed E-state index contributed by atoms with van der Waals surface area (Å²) in [7, 11) is 1.42. The van der Waals surface area contributed by atoms with Crippen molar-refractivity contribution in [3.05, 3.63) is 23.5 Å². The Balaban J connectivity index is 2.51. The highest BCUT2D eigenvalue weighted by Gasteiger charge is 2.33. The topological polar surface area (TPSA) is 41.5 Å². The van der Waals surface area contributed by atoms with Gasteiger partial charge >= 0.3 is 0 Å². The number of halogens is 1. The van der Waals surface area contributed by atoms with Crippen LogP contribution in [0.1, 0.15) is 25.3 Å². The lowest BCUT2D eigenvalue weighted by atomic mass is 9.89. The third-order valence-electron chi connectivity index (χ3n) is 3.22. The molecular weight excluding hydrogens is 209 g/mol. The smallest absolute Gasteiger partial charge is 0.163 e. The van der Waals surface area contributed by atoms with E-state index in [1.165, 1.54) is 19.2 Å². The number of rotatable bonds is 2. The van der Waals surface area contributed by atoms with Crippen LogP contribution in [-0.4, -0.2) is 18.8 Å². The number of hydrogen-bond acceptors (Lipinski definition) is 3. The van der Waals surface area contributed by atoms with Crippen molar-refractivity contribution in [1.29, 1.82) is 0 Å². The van der Waals surface area contributed by atoms with Crippen molar-refractivity contribution in [2.24, 2.45) is 0 Å². The molecule has 3 nitrogen and oxygen atoms in total. The van der Waals surface area contributed by atoms with Crippen LogP contribution in [0.3, 0.4) is 0 Å². The zero-order chi connectivity index (χ0) is 11.8. The molecule has 1 fully saturated rings. The minimum absolute atomic E-state index is 0.0285. The van der Waals surface area contributed by atoms with E-state index in [0.717, 1.165) is 19.4 Å². The van der Waals surface area contributed by atoms with Crippen LogP contribution in [0.15, 0.2) is 12.1 Å². The minimum Gasteiger partial charge on any atom is -0.504 e. The summed E-state index contributed by atoms with van der Waals surface area (Å²) in [6.07, 6.45) is 1.90. The van der Waals surface area contributed by atoms with Crippen LogP contribution in [-0.2, 0) is 5.54 Å². The van der Waals surface area contributed by atoms with Gasteiger partial charge in [-0.3, -0.25) is 0 Å². The van der Waals surface area contributed by atoms with E-state index in [2.05, 4.69) is 5.32 Å². The standard InChI is InChI=1S/C12H16FNO2/c1-12(4-3-5-14-12)9-6-8(13)7-10(16-2)11(9)15/h6-7,14-15H,3-5H2,1-2H3. The first-order chi connectivity index (χ1) is 7.57. The van der Waals surface area contributed by atoms with Crippen molar-refractivity contribution in [1.82, 2.24) is 5.32 Å². The largest absolute Gasteiger partial charge is 0.504 e. The summed E-state index contributed by atoms with van der Waals surface area (Å²) in [5.41, 5.74) is 0.210. The average Bonchev–Trinajstić information content (AvgIpc) is 2.69. The normalized spacial score (nSPS) is 24.7. The molecule has 1 aromatic rings. The summed E-state index contributed by atoms with van der Waals surface area (Å²) in [5.74, 6) is -0.176. The molecule has 1 atom stereocenters. The molecule has 2 rings (SSSR count). The zero-order valence-corrected chi connectivity index (χ0v) is 9.51. The first kappa shape index (κ1) is 11.2. The molecule has 0 bridgehead atoms. The molecule has 0 spiro atoms. The van der Waals surface area contributed by atoms with E-state index >= 15 is 0 Å². The van der Waals surface area contributed by atoms with E-state index in [0.29, 0.717) is 5.56 Å². The van der Waals surface area contributed by atoms with Crippen molar-refractivity contribution in [3.63, 3.8) is 0 Å². The second-order valence-corrected chi connectivity index (χ2v) is 4.37. The Morgan fingerprint density at radius 3 is 2.81 bits per heavy atom. The van der Waals surface area contributed by atoms with Crippen molar-refractivity contribution in [2.75, 3.05) is 13.7 Å². The highest BCUT2D eigenvalue weighted by atomic mass is 19.1. The Bertz CT molecular complexity index is 400. The second-order valence-electron chi connectivity index (χ2n) is 4.37. The van der Waals surface area contributed by atoms with E-state index in [9.17, 15) is 9.50 Å². The molecule has 88 valence electrons. The van der Waals surface area contributed by atoms with Gasteiger partial charge < -0.3 is 15.2 Å². The Morgan fingerprint density at radius 2 is 2.25 bits per heavy atom. The van der Waals surface area contributed by atoms with Crippen LogP contribution in [0.5, 0.6) is 11.5 Å². The lowest BCUT2D eigenvalue weighted by molar-refractivity contribution is 0.347. The number of phenols is 1. The predicted octanol–water partition coefficient (Wildman–Crippen LogP) is 2.14. The lowest BCUT2D eigenvalue weighted by Gasteiger charge is -2.26. The van der Waals surface area contributed by atoms with Crippen LogP contribution in [0.25, 0.3) is 0 Å². The second kappa shape index (κ2) is 3.94. The first-order valence-corrected chi connectivity index (χ1v) is 5.39. The highest BCUT2D eigenvalue weighted by molar-refractivity contribution is 5.49. The average molecular weight is 225 g/mol. The summed E-state index contributed by atoms with van der Waals surface area (Å²) < 4.78 is 18.4. The van der Waals surface area contributed by atoms with Crippen molar-refractivity contribution < 1.29 is 14.2 Å². The van der Waals surface area contributed by atoms with Crippen LogP contribution < -0.4 is 10.1 Å². The van der Waals surface area contributed by atoms with Gasteiger partial charge in [-0.1, -0.05) is 0 Å². The van der Waals surface area contributed by atoms with Gasteiger partial charge in [-0.25, -0.2) is 4.39 Å². The fraction of sp³-hybridized carbons (Fsp3) is 0.500. The number of nitrogens with one attached hydrogen (secondary N) is 1. The number of phenolic OH excluding ortho intramolecular Hbond substituents is 1. The SMILES string of the molecule is COc1cc(F)cc(C2(C)CCCN2)c1O. The molecule has 16 heavy (non-hydrogen) atoms. The number of aromatic hydroxyl groups is 1. The zero-order valence-electron chi connectivity index (χ0n) is 9.51. The van der Waals surface area contributed by atoms with Gasteiger partial charge in [-0.15, -0.1) is 0 Å². The minimum atomic E-state index is -0.389. The molecule has 4 heteroatoms. The fourth-order valence-electron chi connectivity index (χ4n) is 2.27. The number of benzene rings is 1.